The molecule has 29 heavy (non-hydrogen) atoms. The van der Waals surface area contributed by atoms with Crippen LogP contribution in [0, 0.1) is 0 Å². The standard InChI is InChI=1S/C22H17BrF2N2O2/c23-16-7-5-8-17(12-16)28-14-21-26-18-9-2-3-10-19(18)27(21)13-15-6-1-4-11-20(15)29-22(24)25/h1-12,22H,13-14H2. The topological polar surface area (TPSA) is 36.3 Å². The van der Waals surface area contributed by atoms with Crippen LogP contribution in [0.4, 0.5) is 8.78 Å². The summed E-state index contributed by atoms with van der Waals surface area (Å²) < 4.78 is 39.0. The van der Waals surface area contributed by atoms with E-state index in [0.29, 0.717) is 23.7 Å². The molecular formula is C22H17BrF2N2O2. The maximum absolute atomic E-state index is 12.8. The lowest BCUT2D eigenvalue weighted by Crippen LogP contribution is -2.11. The van der Waals surface area contributed by atoms with E-state index < -0.39 is 6.61 Å². The van der Waals surface area contributed by atoms with Crippen molar-refractivity contribution in [1.29, 1.82) is 0 Å². The van der Waals surface area contributed by atoms with Gasteiger partial charge in [-0.15, -0.1) is 0 Å². The highest BCUT2D eigenvalue weighted by Gasteiger charge is 2.15. The van der Waals surface area contributed by atoms with E-state index in [-0.39, 0.29) is 12.4 Å². The molecule has 0 aliphatic rings. The molecule has 0 N–H and O–H groups in total. The highest BCUT2D eigenvalue weighted by molar-refractivity contribution is 9.10. The second-order valence-electron chi connectivity index (χ2n) is 6.34. The molecule has 0 spiro atoms. The molecule has 148 valence electrons. The summed E-state index contributed by atoms with van der Waals surface area (Å²) in [4.78, 5) is 4.67. The van der Waals surface area contributed by atoms with Gasteiger partial charge in [0, 0.05) is 10.0 Å². The van der Waals surface area contributed by atoms with Crippen molar-refractivity contribution in [3.05, 3.63) is 88.7 Å². The second-order valence-corrected chi connectivity index (χ2v) is 7.25. The van der Waals surface area contributed by atoms with Crippen LogP contribution in [0.2, 0.25) is 0 Å². The summed E-state index contributed by atoms with van der Waals surface area (Å²) in [6.07, 6.45) is 0. The normalized spacial score (nSPS) is 11.2. The van der Waals surface area contributed by atoms with Gasteiger partial charge in [-0.2, -0.15) is 8.78 Å². The summed E-state index contributed by atoms with van der Waals surface area (Å²) in [5.74, 6) is 1.55. The number of rotatable bonds is 7. The monoisotopic (exact) mass is 458 g/mol. The number of ether oxygens (including phenoxy) is 2. The lowest BCUT2D eigenvalue weighted by molar-refractivity contribution is -0.0504. The Morgan fingerprint density at radius 3 is 2.59 bits per heavy atom. The van der Waals surface area contributed by atoms with Crippen molar-refractivity contribution in [2.45, 2.75) is 19.8 Å². The molecule has 3 aromatic carbocycles. The van der Waals surface area contributed by atoms with Crippen molar-refractivity contribution in [1.82, 2.24) is 9.55 Å². The van der Waals surface area contributed by atoms with Gasteiger partial charge in [0.05, 0.1) is 17.6 Å². The average Bonchev–Trinajstić information content (AvgIpc) is 3.05. The van der Waals surface area contributed by atoms with Crippen molar-refractivity contribution < 1.29 is 18.3 Å². The van der Waals surface area contributed by atoms with E-state index in [2.05, 4.69) is 25.7 Å². The molecule has 0 aliphatic carbocycles. The Bertz CT molecular complexity index is 1130. The number of halogens is 3. The SMILES string of the molecule is FC(F)Oc1ccccc1Cn1c(COc2cccc(Br)c2)nc2ccccc21. The van der Waals surface area contributed by atoms with E-state index in [1.165, 1.54) is 6.07 Å². The number of hydrogen-bond donors (Lipinski definition) is 0. The number of hydrogen-bond acceptors (Lipinski definition) is 3. The zero-order valence-corrected chi connectivity index (χ0v) is 16.9. The van der Waals surface area contributed by atoms with E-state index in [9.17, 15) is 8.78 Å². The molecular weight excluding hydrogens is 442 g/mol. The van der Waals surface area contributed by atoms with Gasteiger partial charge >= 0.3 is 6.61 Å². The van der Waals surface area contributed by atoms with Gasteiger partial charge in [-0.3, -0.25) is 0 Å². The van der Waals surface area contributed by atoms with Gasteiger partial charge in [0.1, 0.15) is 23.9 Å². The van der Waals surface area contributed by atoms with Crippen LogP contribution in [0.1, 0.15) is 11.4 Å². The molecule has 0 fully saturated rings. The first-order valence-corrected chi connectivity index (χ1v) is 9.74. The predicted octanol–water partition coefficient (Wildman–Crippen LogP) is 6.03. The maximum Gasteiger partial charge on any atom is 0.387 e. The van der Waals surface area contributed by atoms with Crippen molar-refractivity contribution in [2.24, 2.45) is 0 Å². The molecule has 7 heteroatoms. The van der Waals surface area contributed by atoms with Gasteiger partial charge < -0.3 is 14.0 Å². The van der Waals surface area contributed by atoms with Crippen molar-refractivity contribution in [3.63, 3.8) is 0 Å². The fraction of sp³-hybridized carbons (Fsp3) is 0.136. The number of para-hydroxylation sites is 3. The molecule has 1 aromatic heterocycles. The summed E-state index contributed by atoms with van der Waals surface area (Å²) in [7, 11) is 0. The smallest absolute Gasteiger partial charge is 0.387 e. The molecule has 0 bridgehead atoms. The summed E-state index contributed by atoms with van der Waals surface area (Å²) in [5.41, 5.74) is 2.35. The summed E-state index contributed by atoms with van der Waals surface area (Å²) in [6, 6.07) is 22.0. The third kappa shape index (κ3) is 4.56. The van der Waals surface area contributed by atoms with Crippen LogP contribution < -0.4 is 9.47 Å². The molecule has 0 unspecified atom stereocenters. The Morgan fingerprint density at radius 2 is 1.76 bits per heavy atom. The van der Waals surface area contributed by atoms with Crippen LogP contribution in [0.15, 0.2) is 77.3 Å². The quantitative estimate of drug-likeness (QED) is 0.339. The maximum atomic E-state index is 12.8. The number of benzene rings is 3. The molecule has 4 nitrogen and oxygen atoms in total. The van der Waals surface area contributed by atoms with E-state index in [1.807, 2.05) is 53.1 Å². The largest absolute Gasteiger partial charge is 0.486 e. The van der Waals surface area contributed by atoms with Gasteiger partial charge in [0.2, 0.25) is 0 Å². The minimum atomic E-state index is -2.88. The number of fused-ring (bicyclic) bond motifs is 1. The molecule has 0 aliphatic heterocycles. The van der Waals surface area contributed by atoms with Crippen LogP contribution in [0.25, 0.3) is 11.0 Å². The van der Waals surface area contributed by atoms with Crippen LogP contribution in [-0.2, 0) is 13.2 Å². The zero-order chi connectivity index (χ0) is 20.2. The Morgan fingerprint density at radius 1 is 0.966 bits per heavy atom. The van der Waals surface area contributed by atoms with Crippen LogP contribution in [-0.4, -0.2) is 16.2 Å². The van der Waals surface area contributed by atoms with Gasteiger partial charge in [-0.05, 0) is 36.4 Å². The zero-order valence-electron chi connectivity index (χ0n) is 15.3. The van der Waals surface area contributed by atoms with E-state index in [1.54, 1.807) is 18.2 Å². The Labute approximate surface area is 174 Å². The van der Waals surface area contributed by atoms with Gasteiger partial charge in [-0.25, -0.2) is 4.98 Å². The van der Waals surface area contributed by atoms with Crippen molar-refractivity contribution in [2.75, 3.05) is 0 Å². The second kappa shape index (κ2) is 8.61. The highest BCUT2D eigenvalue weighted by Crippen LogP contribution is 2.25. The summed E-state index contributed by atoms with van der Waals surface area (Å²) >= 11 is 3.43. The molecule has 0 atom stereocenters. The number of imidazole rings is 1. The molecule has 0 radical (unpaired) electrons. The first-order chi connectivity index (χ1) is 14.1. The molecule has 4 rings (SSSR count). The first-order valence-electron chi connectivity index (χ1n) is 8.95. The molecule has 0 saturated carbocycles. The first kappa shape index (κ1) is 19.4. The van der Waals surface area contributed by atoms with Gasteiger partial charge in [0.15, 0.2) is 0 Å². The average molecular weight is 459 g/mol. The highest BCUT2D eigenvalue weighted by atomic mass is 79.9. The van der Waals surface area contributed by atoms with Crippen LogP contribution in [0.3, 0.4) is 0 Å². The lowest BCUT2D eigenvalue weighted by atomic mass is 10.2. The molecule has 0 amide bonds. The van der Waals surface area contributed by atoms with Crippen molar-refractivity contribution in [3.8, 4) is 11.5 Å². The van der Waals surface area contributed by atoms with Gasteiger partial charge in [-0.1, -0.05) is 52.3 Å². The van der Waals surface area contributed by atoms with Crippen LogP contribution in [0.5, 0.6) is 11.5 Å². The Kier molecular flexibility index (Phi) is 5.76. The minimum absolute atomic E-state index is 0.152. The van der Waals surface area contributed by atoms with Crippen LogP contribution >= 0.6 is 15.9 Å². The number of alkyl halides is 2. The molecule has 0 saturated heterocycles. The third-order valence-corrected chi connectivity index (χ3v) is 4.91. The minimum Gasteiger partial charge on any atom is -0.486 e. The number of nitrogens with zero attached hydrogens (tertiary/aromatic N) is 2. The summed E-state index contributed by atoms with van der Waals surface area (Å²) in [6.45, 7) is -2.31. The third-order valence-electron chi connectivity index (χ3n) is 4.41. The Balaban J connectivity index is 1.67. The van der Waals surface area contributed by atoms with E-state index in [0.717, 1.165) is 15.5 Å². The molecule has 1 heterocycles. The Hall–Kier alpha value is -2.93. The van der Waals surface area contributed by atoms with Gasteiger partial charge in [0.25, 0.3) is 0 Å². The van der Waals surface area contributed by atoms with Crippen molar-refractivity contribution >= 4 is 27.0 Å². The fourth-order valence-electron chi connectivity index (χ4n) is 3.13. The predicted molar refractivity (Wildman–Crippen MR) is 110 cm³/mol. The lowest BCUT2D eigenvalue weighted by Gasteiger charge is -2.14. The van der Waals surface area contributed by atoms with E-state index in [4.69, 9.17) is 4.74 Å². The van der Waals surface area contributed by atoms with E-state index >= 15 is 0 Å². The molecule has 4 aromatic rings. The number of aromatic nitrogens is 2. The fourth-order valence-corrected chi connectivity index (χ4v) is 3.51. The summed E-state index contributed by atoms with van der Waals surface area (Å²) in [5, 5.41) is 0.